The zero-order valence-electron chi connectivity index (χ0n) is 14.0. The summed E-state index contributed by atoms with van der Waals surface area (Å²) >= 11 is 4.99. The number of halogens is 1. The van der Waals surface area contributed by atoms with E-state index in [9.17, 15) is 9.59 Å². The number of anilines is 1. The van der Waals surface area contributed by atoms with Gasteiger partial charge < -0.3 is 32.5 Å². The van der Waals surface area contributed by atoms with Crippen molar-refractivity contribution in [1.82, 2.24) is 5.32 Å². The van der Waals surface area contributed by atoms with Crippen LogP contribution in [0.2, 0.25) is 0 Å². The second-order valence-electron chi connectivity index (χ2n) is 5.17. The summed E-state index contributed by atoms with van der Waals surface area (Å²) in [6.45, 7) is 0.742. The molecule has 0 aliphatic carbocycles. The van der Waals surface area contributed by atoms with Gasteiger partial charge in [-0.3, -0.25) is 14.6 Å². The van der Waals surface area contributed by atoms with Gasteiger partial charge in [-0.15, -0.1) is 12.4 Å². The minimum Gasteiger partial charge on any atom is -0.480 e. The lowest BCUT2D eigenvalue weighted by molar-refractivity contribution is -0.138. The summed E-state index contributed by atoms with van der Waals surface area (Å²) in [4.78, 5) is 26.7. The number of nitrogens with one attached hydrogen (secondary N) is 1. The first-order valence-corrected chi connectivity index (χ1v) is 7.92. The third-order valence-electron chi connectivity index (χ3n) is 3.15. The molecule has 1 aromatic rings. The predicted octanol–water partition coefficient (Wildman–Crippen LogP) is -0.219. The van der Waals surface area contributed by atoms with E-state index in [-0.39, 0.29) is 24.3 Å². The molecule has 1 aliphatic heterocycles. The molecule has 0 aromatic heterocycles. The van der Waals surface area contributed by atoms with E-state index in [0.717, 1.165) is 5.69 Å². The molecule has 1 fully saturated rings. The number of aliphatic carboxylic acids is 1. The molecule has 1 aromatic carbocycles. The van der Waals surface area contributed by atoms with Gasteiger partial charge in [0.25, 0.3) is 0 Å². The van der Waals surface area contributed by atoms with Crippen molar-refractivity contribution in [3.05, 3.63) is 30.3 Å². The highest BCUT2D eigenvalue weighted by Crippen LogP contribution is 2.15. The van der Waals surface area contributed by atoms with Gasteiger partial charge in [0, 0.05) is 12.2 Å². The van der Waals surface area contributed by atoms with Crippen molar-refractivity contribution in [2.24, 2.45) is 22.2 Å². The van der Waals surface area contributed by atoms with Crippen molar-refractivity contribution < 1.29 is 14.7 Å². The van der Waals surface area contributed by atoms with Crippen molar-refractivity contribution in [2.45, 2.75) is 18.9 Å². The number of para-hydroxylation sites is 1. The Kier molecular flexibility index (Phi) is 10.9. The zero-order chi connectivity index (χ0) is 18.8. The number of carboxylic acids is 1. The van der Waals surface area contributed by atoms with E-state index in [1.807, 2.05) is 30.3 Å². The van der Waals surface area contributed by atoms with E-state index in [4.69, 9.17) is 34.5 Å². The quantitative estimate of drug-likeness (QED) is 0.189. The highest BCUT2D eigenvalue weighted by atomic mass is 35.5. The minimum atomic E-state index is -1.00. The van der Waals surface area contributed by atoms with Crippen LogP contribution in [0.1, 0.15) is 12.8 Å². The SMILES string of the molecule is Cl.NC(N)=NCCCC(N)C(=O)O.O=C1CN(c2ccccc2)C(=S)N1. The first kappa shape index (κ1) is 23.6. The highest BCUT2D eigenvalue weighted by Gasteiger charge is 2.23. The standard InChI is InChI=1S/C9H8N2OS.C6H14N4O2.ClH/c12-8-6-11(9(13)10-8)7-4-2-1-3-5-7;7-4(5(11)12)2-1-3-10-6(8)9;/h1-5H,6H2,(H,10,12,13);4H,1-3,7H2,(H,11,12)(H4,8,9,10);1H. The molecule has 2 rings (SSSR count). The fourth-order valence-electron chi connectivity index (χ4n) is 1.90. The third kappa shape index (κ3) is 8.60. The number of amides is 1. The summed E-state index contributed by atoms with van der Waals surface area (Å²) in [5.41, 5.74) is 16.3. The molecule has 0 saturated carbocycles. The van der Waals surface area contributed by atoms with Crippen LogP contribution in [-0.4, -0.2) is 47.2 Å². The number of carbonyl (C=O) groups is 2. The van der Waals surface area contributed by atoms with E-state index >= 15 is 0 Å². The number of thiocarbonyl (C=S) groups is 1. The second-order valence-corrected chi connectivity index (χ2v) is 5.56. The van der Waals surface area contributed by atoms with Crippen LogP contribution in [0.15, 0.2) is 35.3 Å². The number of nitrogens with zero attached hydrogens (tertiary/aromatic N) is 2. The Morgan fingerprint density at radius 1 is 1.35 bits per heavy atom. The van der Waals surface area contributed by atoms with E-state index in [1.54, 1.807) is 4.90 Å². The smallest absolute Gasteiger partial charge is 0.320 e. The number of hydrogen-bond acceptors (Lipinski definition) is 5. The van der Waals surface area contributed by atoms with Crippen molar-refractivity contribution in [2.75, 3.05) is 18.0 Å². The fraction of sp³-hybridized carbons (Fsp3) is 0.333. The molecule has 8 N–H and O–H groups in total. The lowest BCUT2D eigenvalue weighted by atomic mass is 10.2. The van der Waals surface area contributed by atoms with Crippen LogP contribution in [0, 0.1) is 0 Å². The van der Waals surface area contributed by atoms with Gasteiger partial charge in [0.15, 0.2) is 11.1 Å². The Bertz CT molecular complexity index is 640. The molecule has 26 heavy (non-hydrogen) atoms. The lowest BCUT2D eigenvalue weighted by Crippen LogP contribution is -2.30. The maximum atomic E-state index is 11.0. The van der Waals surface area contributed by atoms with Gasteiger partial charge in [0.1, 0.15) is 12.6 Å². The van der Waals surface area contributed by atoms with Crippen molar-refractivity contribution in [3.63, 3.8) is 0 Å². The van der Waals surface area contributed by atoms with Gasteiger partial charge in [-0.05, 0) is 37.2 Å². The van der Waals surface area contributed by atoms with Gasteiger partial charge in [-0.1, -0.05) is 18.2 Å². The molecule has 11 heteroatoms. The van der Waals surface area contributed by atoms with Gasteiger partial charge >= 0.3 is 5.97 Å². The van der Waals surface area contributed by atoms with Crippen LogP contribution in [-0.2, 0) is 9.59 Å². The Morgan fingerprint density at radius 2 is 1.96 bits per heavy atom. The summed E-state index contributed by atoms with van der Waals surface area (Å²) in [6.07, 6.45) is 0.956. The molecule has 0 bridgehead atoms. The minimum absolute atomic E-state index is 0. The van der Waals surface area contributed by atoms with Gasteiger partial charge in [0.05, 0.1) is 0 Å². The number of rotatable bonds is 6. The monoisotopic (exact) mass is 402 g/mol. The number of guanidine groups is 1. The maximum absolute atomic E-state index is 11.0. The van der Waals surface area contributed by atoms with Crippen LogP contribution in [0.25, 0.3) is 0 Å². The summed E-state index contributed by atoms with van der Waals surface area (Å²) in [5.74, 6) is -1.03. The summed E-state index contributed by atoms with van der Waals surface area (Å²) in [5, 5.41) is 11.4. The molecule has 1 atom stereocenters. The molecular formula is C15H23ClN6O3S. The zero-order valence-corrected chi connectivity index (χ0v) is 15.6. The number of nitrogens with two attached hydrogens (primary N) is 3. The maximum Gasteiger partial charge on any atom is 0.320 e. The van der Waals surface area contributed by atoms with Crippen LogP contribution in [0.4, 0.5) is 5.69 Å². The lowest BCUT2D eigenvalue weighted by Gasteiger charge is -2.14. The van der Waals surface area contributed by atoms with Crippen molar-refractivity contribution >= 4 is 53.3 Å². The molecule has 9 nitrogen and oxygen atoms in total. The first-order valence-electron chi connectivity index (χ1n) is 7.51. The predicted molar refractivity (Wildman–Crippen MR) is 107 cm³/mol. The van der Waals surface area contributed by atoms with Gasteiger partial charge in [-0.2, -0.15) is 0 Å². The second kappa shape index (κ2) is 12.0. The van der Waals surface area contributed by atoms with Crippen molar-refractivity contribution in [1.29, 1.82) is 0 Å². The van der Waals surface area contributed by atoms with Crippen LogP contribution >= 0.6 is 24.6 Å². The van der Waals surface area contributed by atoms with Crippen molar-refractivity contribution in [3.8, 4) is 0 Å². The van der Waals surface area contributed by atoms with E-state index in [2.05, 4.69) is 10.3 Å². The average Bonchev–Trinajstić information content (AvgIpc) is 2.91. The molecule has 1 heterocycles. The Hall–Kier alpha value is -2.43. The molecule has 1 amide bonds. The molecule has 0 spiro atoms. The van der Waals surface area contributed by atoms with Crippen LogP contribution in [0.3, 0.4) is 0 Å². The number of hydrogen-bond donors (Lipinski definition) is 5. The molecule has 0 radical (unpaired) electrons. The van der Waals surface area contributed by atoms with E-state index < -0.39 is 12.0 Å². The van der Waals surface area contributed by atoms with E-state index in [0.29, 0.717) is 31.0 Å². The Labute approximate surface area is 163 Å². The van der Waals surface area contributed by atoms with Crippen LogP contribution in [0.5, 0.6) is 0 Å². The molecule has 1 saturated heterocycles. The topological polar surface area (TPSA) is 160 Å². The number of aliphatic imine (C=N–C) groups is 1. The fourth-order valence-corrected chi connectivity index (χ4v) is 2.18. The van der Waals surface area contributed by atoms with Gasteiger partial charge in [-0.25, -0.2) is 0 Å². The number of benzene rings is 1. The molecule has 1 aliphatic rings. The largest absolute Gasteiger partial charge is 0.480 e. The average molecular weight is 403 g/mol. The third-order valence-corrected chi connectivity index (χ3v) is 3.47. The molecule has 144 valence electrons. The van der Waals surface area contributed by atoms with Crippen LogP contribution < -0.4 is 27.4 Å². The summed E-state index contributed by atoms with van der Waals surface area (Å²) < 4.78 is 0. The summed E-state index contributed by atoms with van der Waals surface area (Å²) in [6, 6.07) is 8.79. The number of carboxylic acid groups (broad SMARTS) is 1. The normalized spacial score (nSPS) is 13.7. The Morgan fingerprint density at radius 3 is 2.42 bits per heavy atom. The highest BCUT2D eigenvalue weighted by molar-refractivity contribution is 7.80. The Balaban J connectivity index is 0.000000466. The summed E-state index contributed by atoms with van der Waals surface area (Å²) in [7, 11) is 0. The van der Waals surface area contributed by atoms with E-state index in [1.165, 1.54) is 0 Å². The molecular weight excluding hydrogens is 380 g/mol. The van der Waals surface area contributed by atoms with Gasteiger partial charge in [0.2, 0.25) is 5.91 Å². The molecule has 1 unspecified atom stereocenters. The first-order chi connectivity index (χ1) is 11.8. The number of carbonyl (C=O) groups excluding carboxylic acids is 1.